The van der Waals surface area contributed by atoms with Gasteiger partial charge in [0.25, 0.3) is 5.91 Å². The van der Waals surface area contributed by atoms with Gasteiger partial charge in [-0.2, -0.15) is 4.31 Å². The molecule has 13 heteroatoms. The summed E-state index contributed by atoms with van der Waals surface area (Å²) in [4.78, 5) is 14.5. The Labute approximate surface area is 208 Å². The van der Waals surface area contributed by atoms with Gasteiger partial charge in [0.1, 0.15) is 17.2 Å². The Hall–Kier alpha value is -1.14. The van der Waals surface area contributed by atoms with Crippen molar-refractivity contribution in [3.63, 3.8) is 0 Å². The van der Waals surface area contributed by atoms with Gasteiger partial charge >= 0.3 is 0 Å². The Kier molecular flexibility index (Phi) is 9.65. The minimum atomic E-state index is -3.38. The van der Waals surface area contributed by atoms with Crippen molar-refractivity contribution in [1.82, 2.24) is 14.5 Å². The summed E-state index contributed by atoms with van der Waals surface area (Å²) >= 11 is 5.60. The number of hydrogen-bond donors (Lipinski definition) is 1. The van der Waals surface area contributed by atoms with E-state index >= 15 is 0 Å². The number of carbonyl (C=O) groups is 1. The number of benzene rings is 1. The lowest BCUT2D eigenvalue weighted by molar-refractivity contribution is -0.0856. The molecule has 3 rings (SSSR count). The zero-order valence-corrected chi connectivity index (χ0v) is 21.1. The van der Waals surface area contributed by atoms with Crippen LogP contribution in [0.2, 0.25) is 5.02 Å². The topological polar surface area (TPSA) is 69.7 Å². The van der Waals surface area contributed by atoms with Crippen LogP contribution >= 0.6 is 24.0 Å². The summed E-state index contributed by atoms with van der Waals surface area (Å²) in [6.45, 7) is 2.75. The smallest absolute Gasteiger partial charge is 0.257 e. The van der Waals surface area contributed by atoms with Crippen LogP contribution in [0.15, 0.2) is 12.1 Å². The molecule has 34 heavy (non-hydrogen) atoms. The molecule has 0 bridgehead atoms. The molecule has 194 valence electrons. The van der Waals surface area contributed by atoms with Gasteiger partial charge in [-0.1, -0.05) is 18.5 Å². The van der Waals surface area contributed by atoms with Crippen LogP contribution in [0, 0.1) is 11.6 Å². The fourth-order valence-corrected chi connectivity index (χ4v) is 6.29. The van der Waals surface area contributed by atoms with E-state index in [0.29, 0.717) is 19.5 Å². The van der Waals surface area contributed by atoms with Crippen LogP contribution in [-0.2, 0) is 10.0 Å². The zero-order chi connectivity index (χ0) is 24.4. The van der Waals surface area contributed by atoms with Crippen LogP contribution in [0.5, 0.6) is 0 Å². The van der Waals surface area contributed by atoms with Crippen LogP contribution in [-0.4, -0.2) is 73.5 Å². The molecule has 1 aliphatic heterocycles. The second-order valence-corrected chi connectivity index (χ2v) is 11.2. The zero-order valence-electron chi connectivity index (χ0n) is 18.8. The van der Waals surface area contributed by atoms with Crippen molar-refractivity contribution in [2.45, 2.75) is 50.5 Å². The fraction of sp³-hybridized carbons (Fsp3) is 0.667. The Morgan fingerprint density at radius 1 is 1.06 bits per heavy atom. The van der Waals surface area contributed by atoms with E-state index in [4.69, 9.17) is 11.6 Å². The van der Waals surface area contributed by atoms with E-state index in [1.165, 1.54) is 4.31 Å². The maximum Gasteiger partial charge on any atom is 0.257 e. The normalized spacial score (nSPS) is 21.0. The molecule has 0 atom stereocenters. The van der Waals surface area contributed by atoms with Crippen molar-refractivity contribution in [1.29, 1.82) is 0 Å². The number of rotatable bonds is 7. The van der Waals surface area contributed by atoms with Crippen LogP contribution in [0.25, 0.3) is 0 Å². The molecule has 1 aliphatic carbocycles. The quantitative estimate of drug-likeness (QED) is 0.520. The maximum atomic E-state index is 14.1. The number of nitrogens with one attached hydrogen (secondary N) is 1. The van der Waals surface area contributed by atoms with Crippen molar-refractivity contribution in [2.75, 3.05) is 38.5 Å². The number of halogens is 6. The molecule has 1 N–H and O–H groups in total. The highest BCUT2D eigenvalue weighted by Gasteiger charge is 2.47. The van der Waals surface area contributed by atoms with Crippen molar-refractivity contribution in [3.8, 4) is 0 Å². The molecule has 2 aliphatic rings. The first-order valence-corrected chi connectivity index (χ1v) is 12.9. The average molecular weight is 550 g/mol. The van der Waals surface area contributed by atoms with Crippen LogP contribution in [0.1, 0.15) is 49.4 Å². The second kappa shape index (κ2) is 11.3. The molecular formula is C21H29Cl2F4N3O3S. The first kappa shape index (κ1) is 29.1. The van der Waals surface area contributed by atoms with Gasteiger partial charge in [-0.05, 0) is 31.4 Å². The number of piperazine rings is 1. The standard InChI is InChI=1S/C21H28ClF4N3O3S.ClH/c1-2-11-33(31,32)29-9-7-28(8-10-29)20(3-5-21(25,26)6-4-20)14-27-19(30)18-16(23)12-15(22)13-17(18)24;/h12-13H,2-11,14H2,1H3,(H,27,30);1H. The van der Waals surface area contributed by atoms with Crippen LogP contribution in [0.4, 0.5) is 17.6 Å². The Morgan fingerprint density at radius 2 is 1.59 bits per heavy atom. The number of sulfonamides is 1. The van der Waals surface area contributed by atoms with E-state index in [9.17, 15) is 30.8 Å². The van der Waals surface area contributed by atoms with Gasteiger partial charge < -0.3 is 5.32 Å². The van der Waals surface area contributed by atoms with Crippen LogP contribution < -0.4 is 5.32 Å². The number of amides is 1. The molecule has 0 spiro atoms. The largest absolute Gasteiger partial charge is 0.350 e. The van der Waals surface area contributed by atoms with E-state index in [1.54, 1.807) is 6.92 Å². The molecule has 1 amide bonds. The molecule has 0 unspecified atom stereocenters. The van der Waals surface area contributed by atoms with Gasteiger partial charge in [0.05, 0.1) is 5.75 Å². The van der Waals surface area contributed by atoms with E-state index in [0.717, 1.165) is 12.1 Å². The molecule has 6 nitrogen and oxygen atoms in total. The van der Waals surface area contributed by atoms with Gasteiger partial charge in [0.2, 0.25) is 15.9 Å². The summed E-state index contributed by atoms with van der Waals surface area (Å²) in [7, 11) is -3.38. The number of carbonyl (C=O) groups excluding carboxylic acids is 1. The summed E-state index contributed by atoms with van der Waals surface area (Å²) in [5.41, 5.74) is -1.65. The van der Waals surface area contributed by atoms with Gasteiger partial charge in [0, 0.05) is 56.1 Å². The lowest BCUT2D eigenvalue weighted by Crippen LogP contribution is -2.63. The molecule has 0 radical (unpaired) electrons. The third-order valence-corrected chi connectivity index (χ3v) is 8.78. The minimum Gasteiger partial charge on any atom is -0.350 e. The monoisotopic (exact) mass is 549 g/mol. The molecular weight excluding hydrogens is 521 g/mol. The van der Waals surface area contributed by atoms with Crippen molar-refractivity contribution < 1.29 is 30.8 Å². The van der Waals surface area contributed by atoms with Gasteiger partial charge in [-0.25, -0.2) is 26.0 Å². The minimum absolute atomic E-state index is 0. The summed E-state index contributed by atoms with van der Waals surface area (Å²) in [5, 5.41) is 2.33. The number of nitrogens with zero attached hydrogens (tertiary/aromatic N) is 2. The predicted octanol–water partition coefficient (Wildman–Crippen LogP) is 4.08. The summed E-state index contributed by atoms with van der Waals surface area (Å²) in [6, 6.07) is 1.65. The molecule has 1 saturated heterocycles. The Balaban J connectivity index is 0.00000408. The lowest BCUT2D eigenvalue weighted by Gasteiger charge is -2.50. The van der Waals surface area contributed by atoms with E-state index in [1.807, 2.05) is 4.90 Å². The highest BCUT2D eigenvalue weighted by Crippen LogP contribution is 2.42. The van der Waals surface area contributed by atoms with Gasteiger partial charge in [-0.3, -0.25) is 9.69 Å². The highest BCUT2D eigenvalue weighted by atomic mass is 35.5. The number of hydrogen-bond acceptors (Lipinski definition) is 4. The molecule has 1 aromatic rings. The SMILES string of the molecule is CCCS(=O)(=O)N1CCN(C2(CNC(=O)c3c(F)cc(Cl)cc3F)CCC(F)(F)CC2)CC1.Cl. The first-order chi connectivity index (χ1) is 15.4. The average Bonchev–Trinajstić information content (AvgIpc) is 2.73. The van der Waals surface area contributed by atoms with Gasteiger partial charge in [-0.15, -0.1) is 12.4 Å². The van der Waals surface area contributed by atoms with Gasteiger partial charge in [0.15, 0.2) is 0 Å². The first-order valence-electron chi connectivity index (χ1n) is 10.9. The highest BCUT2D eigenvalue weighted by molar-refractivity contribution is 7.89. The molecule has 1 saturated carbocycles. The fourth-order valence-electron chi connectivity index (χ4n) is 4.61. The lowest BCUT2D eigenvalue weighted by atomic mass is 9.78. The van der Waals surface area contributed by atoms with E-state index < -0.39 is 44.6 Å². The number of alkyl halides is 2. The van der Waals surface area contributed by atoms with Crippen molar-refractivity contribution in [2.24, 2.45) is 0 Å². The molecule has 1 heterocycles. The third-order valence-electron chi connectivity index (χ3n) is 6.49. The Morgan fingerprint density at radius 3 is 2.09 bits per heavy atom. The Bertz CT molecular complexity index is 956. The summed E-state index contributed by atoms with van der Waals surface area (Å²) in [6.07, 6.45) is -0.158. The van der Waals surface area contributed by atoms with E-state index in [2.05, 4.69) is 5.32 Å². The van der Waals surface area contributed by atoms with E-state index in [-0.39, 0.29) is 68.5 Å². The predicted molar refractivity (Wildman–Crippen MR) is 124 cm³/mol. The third kappa shape index (κ3) is 6.54. The maximum absolute atomic E-state index is 14.1. The van der Waals surface area contributed by atoms with Crippen LogP contribution in [0.3, 0.4) is 0 Å². The molecule has 1 aromatic carbocycles. The van der Waals surface area contributed by atoms with Crippen molar-refractivity contribution >= 4 is 39.9 Å². The van der Waals surface area contributed by atoms with Crippen molar-refractivity contribution in [3.05, 3.63) is 34.4 Å². The molecule has 2 fully saturated rings. The molecule has 0 aromatic heterocycles. The second-order valence-electron chi connectivity index (χ2n) is 8.71. The summed E-state index contributed by atoms with van der Waals surface area (Å²) in [5.74, 6) is -6.01. The summed E-state index contributed by atoms with van der Waals surface area (Å²) < 4.78 is 82.2.